The zero-order chi connectivity index (χ0) is 13.9. The third-order valence-electron chi connectivity index (χ3n) is 2.29. The first-order chi connectivity index (χ1) is 8.31. The number of carbonyl (C=O) groups is 3. The Bertz CT molecular complexity index is 351. The third-order valence-corrected chi connectivity index (χ3v) is 2.29. The lowest BCUT2D eigenvalue weighted by molar-refractivity contribution is -0.194. The zero-order valence-corrected chi connectivity index (χ0v) is 10.7. The van der Waals surface area contributed by atoms with Crippen molar-refractivity contribution in [2.45, 2.75) is 52.3 Å². The highest BCUT2D eigenvalue weighted by Gasteiger charge is 2.49. The second-order valence-corrected chi connectivity index (χ2v) is 3.97. The molecule has 7 heteroatoms. The van der Waals surface area contributed by atoms with Gasteiger partial charge in [-0.1, -0.05) is 0 Å². The van der Waals surface area contributed by atoms with Crippen LogP contribution in [0.25, 0.3) is 0 Å². The van der Waals surface area contributed by atoms with E-state index in [0.717, 1.165) is 0 Å². The molecule has 0 aromatic heterocycles. The summed E-state index contributed by atoms with van der Waals surface area (Å²) < 4.78 is 20.2. The quantitative estimate of drug-likeness (QED) is 0.527. The van der Waals surface area contributed by atoms with Crippen molar-refractivity contribution in [2.24, 2.45) is 0 Å². The van der Waals surface area contributed by atoms with E-state index >= 15 is 0 Å². The highest BCUT2D eigenvalue weighted by molar-refractivity contribution is 5.68. The molecule has 1 aliphatic rings. The molecule has 1 rings (SSSR count). The predicted octanol–water partition coefficient (Wildman–Crippen LogP) is 0.158. The van der Waals surface area contributed by atoms with Gasteiger partial charge in [0.15, 0.2) is 6.10 Å². The molecule has 0 radical (unpaired) electrons. The van der Waals surface area contributed by atoms with Gasteiger partial charge in [-0.2, -0.15) is 0 Å². The summed E-state index contributed by atoms with van der Waals surface area (Å²) in [5, 5.41) is 0. The summed E-state index contributed by atoms with van der Waals surface area (Å²) in [5.41, 5.74) is 0. The molecular formula is C11H16O7. The first kappa shape index (κ1) is 14.4. The fourth-order valence-electron chi connectivity index (χ4n) is 1.72. The third kappa shape index (κ3) is 3.69. The first-order valence-electron chi connectivity index (χ1n) is 5.48. The zero-order valence-electron chi connectivity index (χ0n) is 10.7. The van der Waals surface area contributed by atoms with E-state index in [0.29, 0.717) is 0 Å². The average molecular weight is 260 g/mol. The average Bonchev–Trinajstić information content (AvgIpc) is 2.43. The van der Waals surface area contributed by atoms with E-state index in [9.17, 15) is 14.4 Å². The molecule has 1 saturated heterocycles. The summed E-state index contributed by atoms with van der Waals surface area (Å²) in [5.74, 6) is -1.68. The Morgan fingerprint density at radius 3 is 1.72 bits per heavy atom. The Hall–Kier alpha value is -1.63. The van der Waals surface area contributed by atoms with E-state index in [2.05, 4.69) is 0 Å². The lowest BCUT2D eigenvalue weighted by Crippen LogP contribution is -2.40. The lowest BCUT2D eigenvalue weighted by atomic mass is 10.1. The minimum atomic E-state index is -1.06. The van der Waals surface area contributed by atoms with Crippen molar-refractivity contribution in [2.75, 3.05) is 0 Å². The van der Waals surface area contributed by atoms with Crippen molar-refractivity contribution < 1.29 is 33.3 Å². The minimum absolute atomic E-state index is 0.531. The molecule has 0 bridgehead atoms. The molecular weight excluding hydrogens is 244 g/mol. The van der Waals surface area contributed by atoms with E-state index in [1.165, 1.54) is 20.8 Å². The van der Waals surface area contributed by atoms with Crippen LogP contribution in [0.1, 0.15) is 27.7 Å². The molecule has 0 saturated carbocycles. The minimum Gasteiger partial charge on any atom is -0.456 e. The second kappa shape index (κ2) is 5.81. The number of hydrogen-bond acceptors (Lipinski definition) is 7. The molecule has 0 aliphatic carbocycles. The number of esters is 3. The van der Waals surface area contributed by atoms with Gasteiger partial charge in [0, 0.05) is 20.8 Å². The van der Waals surface area contributed by atoms with Gasteiger partial charge >= 0.3 is 17.9 Å². The Morgan fingerprint density at radius 1 is 0.833 bits per heavy atom. The lowest BCUT2D eigenvalue weighted by Gasteiger charge is -2.22. The molecule has 1 heterocycles. The fraction of sp³-hybridized carbons (Fsp3) is 0.727. The van der Waals surface area contributed by atoms with Gasteiger partial charge in [-0.25, -0.2) is 0 Å². The topological polar surface area (TPSA) is 88.1 Å². The van der Waals surface area contributed by atoms with E-state index in [-0.39, 0.29) is 0 Å². The van der Waals surface area contributed by atoms with Gasteiger partial charge < -0.3 is 18.9 Å². The first-order valence-corrected chi connectivity index (χ1v) is 5.48. The van der Waals surface area contributed by atoms with Gasteiger partial charge in [0.1, 0.15) is 0 Å². The Labute approximate surface area is 104 Å². The van der Waals surface area contributed by atoms with Crippen LogP contribution in [0, 0.1) is 0 Å². The molecule has 0 N–H and O–H groups in total. The van der Waals surface area contributed by atoms with Gasteiger partial charge in [-0.3, -0.25) is 14.4 Å². The maximum Gasteiger partial charge on any atom is 0.305 e. The second-order valence-electron chi connectivity index (χ2n) is 3.97. The highest BCUT2D eigenvalue weighted by Crippen LogP contribution is 2.27. The van der Waals surface area contributed by atoms with Crippen LogP contribution < -0.4 is 0 Å². The largest absolute Gasteiger partial charge is 0.456 e. The van der Waals surface area contributed by atoms with Crippen LogP contribution in [0.15, 0.2) is 0 Å². The number of rotatable bonds is 3. The maximum atomic E-state index is 11.0. The fourth-order valence-corrected chi connectivity index (χ4v) is 1.72. The van der Waals surface area contributed by atoms with Gasteiger partial charge in [0.2, 0.25) is 12.4 Å². The number of carbonyl (C=O) groups excluding carboxylic acids is 3. The molecule has 7 nitrogen and oxygen atoms in total. The van der Waals surface area contributed by atoms with Crippen molar-refractivity contribution in [3.05, 3.63) is 0 Å². The molecule has 0 amide bonds. The number of ether oxygens (including phenoxy) is 4. The Kier molecular flexibility index (Phi) is 4.66. The molecule has 0 aromatic rings. The van der Waals surface area contributed by atoms with Gasteiger partial charge in [-0.05, 0) is 6.92 Å². The van der Waals surface area contributed by atoms with Crippen molar-refractivity contribution >= 4 is 17.9 Å². The highest BCUT2D eigenvalue weighted by atomic mass is 16.7. The molecule has 18 heavy (non-hydrogen) atoms. The van der Waals surface area contributed by atoms with Crippen LogP contribution in [-0.4, -0.2) is 42.5 Å². The molecule has 1 unspecified atom stereocenters. The summed E-state index contributed by atoms with van der Waals surface area (Å²) in [6.07, 6.45) is -3.35. The van der Waals surface area contributed by atoms with E-state index in [1.807, 2.05) is 0 Å². The summed E-state index contributed by atoms with van der Waals surface area (Å²) in [7, 11) is 0. The molecule has 0 spiro atoms. The van der Waals surface area contributed by atoms with Crippen LogP contribution in [0.3, 0.4) is 0 Å². The molecule has 4 atom stereocenters. The van der Waals surface area contributed by atoms with Gasteiger partial charge in [-0.15, -0.1) is 0 Å². The van der Waals surface area contributed by atoms with Crippen LogP contribution in [0.2, 0.25) is 0 Å². The van der Waals surface area contributed by atoms with Crippen molar-refractivity contribution in [3.8, 4) is 0 Å². The summed E-state index contributed by atoms with van der Waals surface area (Å²) in [6.45, 7) is 5.28. The molecule has 0 aromatic carbocycles. The summed E-state index contributed by atoms with van der Waals surface area (Å²) in [4.78, 5) is 32.9. The summed E-state index contributed by atoms with van der Waals surface area (Å²) >= 11 is 0. The molecule has 1 fully saturated rings. The van der Waals surface area contributed by atoms with E-state index < -0.39 is 42.5 Å². The normalized spacial score (nSPS) is 30.7. The molecule has 1 aliphatic heterocycles. The smallest absolute Gasteiger partial charge is 0.305 e. The van der Waals surface area contributed by atoms with Gasteiger partial charge in [0.05, 0.1) is 6.10 Å². The Balaban J connectivity index is 2.83. The van der Waals surface area contributed by atoms with Crippen LogP contribution in [0.4, 0.5) is 0 Å². The number of hydrogen-bond donors (Lipinski definition) is 0. The van der Waals surface area contributed by atoms with Crippen LogP contribution >= 0.6 is 0 Å². The van der Waals surface area contributed by atoms with Crippen LogP contribution in [0.5, 0.6) is 0 Å². The van der Waals surface area contributed by atoms with Crippen molar-refractivity contribution in [1.29, 1.82) is 0 Å². The molecule has 102 valence electrons. The van der Waals surface area contributed by atoms with Crippen molar-refractivity contribution in [1.82, 2.24) is 0 Å². The monoisotopic (exact) mass is 260 g/mol. The maximum absolute atomic E-state index is 11.0. The standard InChI is InChI=1S/C11H16O7/c1-5-9(16-6(2)12)10(17-7(3)13)11(15-5)18-8(4)14/h5,9-11H,1-4H3/t5-,9+,10?,11-/m1/s1. The van der Waals surface area contributed by atoms with Crippen molar-refractivity contribution in [3.63, 3.8) is 0 Å². The van der Waals surface area contributed by atoms with E-state index in [1.54, 1.807) is 6.92 Å². The predicted molar refractivity (Wildman–Crippen MR) is 57.2 cm³/mol. The summed E-state index contributed by atoms with van der Waals surface area (Å²) in [6, 6.07) is 0. The van der Waals surface area contributed by atoms with Crippen LogP contribution in [-0.2, 0) is 33.3 Å². The SMILES string of the molecule is CC(=O)OC1[C@@H](OC(C)=O)O[C@H](C)[C@@H]1OC(C)=O. The van der Waals surface area contributed by atoms with Gasteiger partial charge in [0.25, 0.3) is 0 Å². The Morgan fingerprint density at radius 2 is 1.28 bits per heavy atom. The van der Waals surface area contributed by atoms with E-state index in [4.69, 9.17) is 18.9 Å².